The van der Waals surface area contributed by atoms with Gasteiger partial charge in [0.15, 0.2) is 0 Å². The molecule has 2 aromatic carbocycles. The van der Waals surface area contributed by atoms with Crippen LogP contribution in [-0.4, -0.2) is 21.0 Å². The normalized spacial score (nSPS) is 12.8. The molecule has 0 unspecified atom stereocenters. The molecule has 2 aromatic heterocycles. The lowest BCUT2D eigenvalue weighted by molar-refractivity contribution is 0.242. The van der Waals surface area contributed by atoms with Gasteiger partial charge in [-0.25, -0.2) is 4.98 Å². The molecule has 4 nitrogen and oxygen atoms in total. The number of hydrogen-bond donors (Lipinski definition) is 1. The number of thiol groups is 1. The van der Waals surface area contributed by atoms with Crippen molar-refractivity contribution < 1.29 is 0 Å². The molecule has 0 saturated carbocycles. The molecule has 0 atom stereocenters. The molecular formula is C30H37N3OS2. The molecule has 0 spiro atoms. The first kappa shape index (κ1) is 27.9. The monoisotopic (exact) mass is 519 g/mol. The van der Waals surface area contributed by atoms with Crippen molar-refractivity contribution in [3.63, 3.8) is 0 Å². The summed E-state index contributed by atoms with van der Waals surface area (Å²) < 4.78 is 2.90. The highest BCUT2D eigenvalue weighted by molar-refractivity contribution is 7.82. The third-order valence-corrected chi connectivity index (χ3v) is 7.33. The molecule has 0 saturated heterocycles. The van der Waals surface area contributed by atoms with E-state index in [1.165, 1.54) is 4.88 Å². The minimum absolute atomic E-state index is 0.0657. The molecule has 1 aliphatic heterocycles. The van der Waals surface area contributed by atoms with Gasteiger partial charge in [0.1, 0.15) is 5.82 Å². The van der Waals surface area contributed by atoms with Crippen LogP contribution in [0.2, 0.25) is 0 Å². The Hall–Kier alpha value is -2.67. The molecule has 3 heterocycles. The van der Waals surface area contributed by atoms with Crippen LogP contribution in [0.4, 0.5) is 0 Å². The van der Waals surface area contributed by atoms with E-state index in [4.69, 9.17) is 4.98 Å². The Bertz CT molecular complexity index is 1240. The molecule has 6 heteroatoms. The van der Waals surface area contributed by atoms with Gasteiger partial charge < -0.3 is 0 Å². The lowest BCUT2D eigenvalue weighted by Gasteiger charge is -2.30. The zero-order chi connectivity index (χ0) is 26.1. The number of thiophene rings is 1. The second-order valence-corrected chi connectivity index (χ2v) is 10.1. The minimum Gasteiger partial charge on any atom is -0.293 e. The van der Waals surface area contributed by atoms with Crippen LogP contribution in [-0.2, 0) is 19.5 Å². The quantitative estimate of drug-likeness (QED) is 0.285. The second kappa shape index (κ2) is 13.6. The first-order chi connectivity index (χ1) is 17.6. The smallest absolute Gasteiger partial charge is 0.259 e. The highest BCUT2D eigenvalue weighted by Gasteiger charge is 2.27. The van der Waals surface area contributed by atoms with E-state index in [0.29, 0.717) is 6.54 Å². The van der Waals surface area contributed by atoms with Crippen LogP contribution < -0.4 is 5.56 Å². The Balaban J connectivity index is 0.000000861. The van der Waals surface area contributed by atoms with Crippen molar-refractivity contribution >= 4 is 24.0 Å². The summed E-state index contributed by atoms with van der Waals surface area (Å²) in [6.45, 7) is 12.3. The summed E-state index contributed by atoms with van der Waals surface area (Å²) in [6.07, 6.45) is 0.798. The Morgan fingerprint density at radius 1 is 0.917 bits per heavy atom. The second-order valence-electron chi connectivity index (χ2n) is 8.18. The predicted octanol–water partition coefficient (Wildman–Crippen LogP) is 7.15. The van der Waals surface area contributed by atoms with E-state index in [9.17, 15) is 4.79 Å². The van der Waals surface area contributed by atoms with Gasteiger partial charge in [-0.3, -0.25) is 14.3 Å². The minimum atomic E-state index is -0.206. The Morgan fingerprint density at radius 3 is 2.03 bits per heavy atom. The number of aromatic nitrogens is 2. The Morgan fingerprint density at radius 2 is 1.50 bits per heavy atom. The van der Waals surface area contributed by atoms with E-state index in [2.05, 4.69) is 47.9 Å². The van der Waals surface area contributed by atoms with E-state index >= 15 is 0 Å². The topological polar surface area (TPSA) is 38.1 Å². The molecule has 0 N–H and O–H groups in total. The van der Waals surface area contributed by atoms with Crippen LogP contribution in [0.5, 0.6) is 0 Å². The van der Waals surface area contributed by atoms with E-state index in [1.807, 2.05) is 81.7 Å². The summed E-state index contributed by atoms with van der Waals surface area (Å²) in [5.41, 5.74) is 4.00. The molecule has 1 aliphatic rings. The third-order valence-electron chi connectivity index (χ3n) is 6.03. The maximum atomic E-state index is 13.9. The number of nitrogens with zero attached hydrogens (tertiary/aromatic N) is 3. The van der Waals surface area contributed by atoms with E-state index in [1.54, 1.807) is 11.3 Å². The third kappa shape index (κ3) is 6.36. The van der Waals surface area contributed by atoms with Crippen LogP contribution in [0.15, 0.2) is 81.8 Å². The molecule has 0 aliphatic carbocycles. The molecule has 190 valence electrons. The van der Waals surface area contributed by atoms with Gasteiger partial charge in [0.05, 0.1) is 21.5 Å². The van der Waals surface area contributed by atoms with Crippen molar-refractivity contribution in [2.75, 3.05) is 6.54 Å². The van der Waals surface area contributed by atoms with Crippen LogP contribution in [0, 0.1) is 6.92 Å². The van der Waals surface area contributed by atoms with Crippen molar-refractivity contribution in [1.29, 1.82) is 0 Å². The maximum Gasteiger partial charge on any atom is 0.259 e. The molecule has 0 fully saturated rings. The zero-order valence-corrected chi connectivity index (χ0v) is 23.7. The number of hydrogen-bond acceptors (Lipinski definition) is 5. The largest absolute Gasteiger partial charge is 0.293 e. The Kier molecular flexibility index (Phi) is 10.5. The average Bonchev–Trinajstić information content (AvgIpc) is 3.34. The summed E-state index contributed by atoms with van der Waals surface area (Å²) >= 11 is 6.13. The number of benzene rings is 2. The molecule has 4 aromatic rings. The van der Waals surface area contributed by atoms with Crippen molar-refractivity contribution in [3.8, 4) is 0 Å². The van der Waals surface area contributed by atoms with Gasteiger partial charge in [-0.15, -0.1) is 24.0 Å². The molecule has 0 amide bonds. The first-order valence-corrected chi connectivity index (χ1v) is 14.1. The fourth-order valence-electron chi connectivity index (χ4n) is 4.54. The van der Waals surface area contributed by atoms with E-state index in [-0.39, 0.29) is 11.6 Å². The fourth-order valence-corrected chi connectivity index (χ4v) is 5.75. The van der Waals surface area contributed by atoms with Gasteiger partial charge in [-0.1, -0.05) is 88.4 Å². The van der Waals surface area contributed by atoms with E-state index < -0.39 is 0 Å². The molecule has 0 bridgehead atoms. The number of rotatable bonds is 5. The summed E-state index contributed by atoms with van der Waals surface area (Å²) in [7, 11) is 0. The van der Waals surface area contributed by atoms with Gasteiger partial charge in [0.25, 0.3) is 5.56 Å². The van der Waals surface area contributed by atoms with Crippen molar-refractivity contribution in [2.45, 2.75) is 64.4 Å². The summed E-state index contributed by atoms with van der Waals surface area (Å²) in [4.78, 5) is 22.4. The lowest BCUT2D eigenvalue weighted by atomic mass is 9.97. The van der Waals surface area contributed by atoms with Gasteiger partial charge in [0.2, 0.25) is 0 Å². The SMILES string of the molecule is CC.CC.Cc1nc2c(c(=O)n1C(c1ccccc1)c1ccccc1)CN(Cc1ccc(S)s1)CC2. The molecule has 36 heavy (non-hydrogen) atoms. The Labute approximate surface area is 225 Å². The summed E-state index contributed by atoms with van der Waals surface area (Å²) in [5, 5.41) is 0. The molecule has 5 rings (SSSR count). The number of fused-ring (bicyclic) bond motifs is 1. The van der Waals surface area contributed by atoms with Crippen molar-refractivity contribution in [2.24, 2.45) is 0 Å². The molecule has 0 radical (unpaired) electrons. The van der Waals surface area contributed by atoms with Crippen LogP contribution in [0.1, 0.15) is 66.8 Å². The fraction of sp³-hybridized carbons (Fsp3) is 0.333. The predicted molar refractivity (Wildman–Crippen MR) is 155 cm³/mol. The van der Waals surface area contributed by atoms with Crippen molar-refractivity contribution in [3.05, 3.63) is 116 Å². The average molecular weight is 520 g/mol. The zero-order valence-electron chi connectivity index (χ0n) is 21.9. The number of aryl methyl sites for hydroxylation is 1. The maximum absolute atomic E-state index is 13.9. The van der Waals surface area contributed by atoms with Crippen LogP contribution in [0.25, 0.3) is 0 Å². The van der Waals surface area contributed by atoms with Gasteiger partial charge in [-0.05, 0) is 30.2 Å². The first-order valence-electron chi connectivity index (χ1n) is 12.8. The van der Waals surface area contributed by atoms with Crippen LogP contribution in [0.3, 0.4) is 0 Å². The van der Waals surface area contributed by atoms with Gasteiger partial charge in [-0.2, -0.15) is 0 Å². The van der Waals surface area contributed by atoms with Crippen molar-refractivity contribution in [1.82, 2.24) is 14.5 Å². The molecular weight excluding hydrogens is 482 g/mol. The highest BCUT2D eigenvalue weighted by Crippen LogP contribution is 2.28. The van der Waals surface area contributed by atoms with E-state index in [0.717, 1.165) is 51.9 Å². The summed E-state index contributed by atoms with van der Waals surface area (Å²) in [6, 6.07) is 24.4. The standard InChI is InChI=1S/C26H25N3OS2.2C2H6/c1-18-27-23-14-15-28(16-21-12-13-24(31)32-21)17-22(23)26(30)29(18)25(19-8-4-2-5-9-19)20-10-6-3-7-11-20;2*1-2/h2-13,25,31H,14-17H2,1H3;2*1-2H3. The summed E-state index contributed by atoms with van der Waals surface area (Å²) in [5.74, 6) is 0.762. The van der Waals surface area contributed by atoms with Gasteiger partial charge in [0, 0.05) is 30.9 Å². The van der Waals surface area contributed by atoms with Crippen LogP contribution >= 0.6 is 24.0 Å². The lowest BCUT2D eigenvalue weighted by Crippen LogP contribution is -2.40. The van der Waals surface area contributed by atoms with Gasteiger partial charge >= 0.3 is 0 Å². The highest BCUT2D eigenvalue weighted by atomic mass is 32.2.